The van der Waals surface area contributed by atoms with E-state index in [2.05, 4.69) is 29.2 Å². The number of carbonyl (C=O) groups excluding carboxylic acids is 2. The van der Waals surface area contributed by atoms with Gasteiger partial charge in [-0.05, 0) is 91.6 Å². The van der Waals surface area contributed by atoms with Crippen LogP contribution >= 0.6 is 0 Å². The minimum atomic E-state index is -0.765. The van der Waals surface area contributed by atoms with Gasteiger partial charge in [-0.15, -0.1) is 0 Å². The van der Waals surface area contributed by atoms with Crippen LogP contribution in [0.15, 0.2) is 78.9 Å². The molecule has 6 rings (SSSR count). The first-order chi connectivity index (χ1) is 28.4. The number of methoxy groups -OCH3 is 5. The second kappa shape index (κ2) is 21.0. The molecule has 2 aliphatic heterocycles. The summed E-state index contributed by atoms with van der Waals surface area (Å²) in [4.78, 5) is 33.6. The van der Waals surface area contributed by atoms with Crippen molar-refractivity contribution in [2.45, 2.75) is 56.6 Å². The van der Waals surface area contributed by atoms with Crippen molar-refractivity contribution >= 4 is 11.9 Å². The average molecular weight is 799 g/mol. The van der Waals surface area contributed by atoms with E-state index in [0.29, 0.717) is 72.5 Å². The third-order valence-corrected chi connectivity index (χ3v) is 11.2. The summed E-state index contributed by atoms with van der Waals surface area (Å²) in [7, 11) is 7.89. The van der Waals surface area contributed by atoms with Gasteiger partial charge in [0.1, 0.15) is 24.5 Å². The number of morpholine rings is 1. The van der Waals surface area contributed by atoms with E-state index in [9.17, 15) is 9.59 Å². The zero-order valence-corrected chi connectivity index (χ0v) is 34.5. The molecule has 312 valence electrons. The van der Waals surface area contributed by atoms with Gasteiger partial charge in [0.15, 0.2) is 23.0 Å². The van der Waals surface area contributed by atoms with Crippen molar-refractivity contribution in [3.8, 4) is 34.5 Å². The Morgan fingerprint density at radius 1 is 0.776 bits per heavy atom. The lowest BCUT2D eigenvalue weighted by Gasteiger charge is -2.38. The number of aryl methyl sites for hydroxylation is 1. The van der Waals surface area contributed by atoms with Gasteiger partial charge in [0.25, 0.3) is 0 Å². The predicted molar refractivity (Wildman–Crippen MR) is 220 cm³/mol. The Hall–Kier alpha value is -5.20. The minimum Gasteiger partial charge on any atom is -0.493 e. The Balaban J connectivity index is 1.27. The van der Waals surface area contributed by atoms with Gasteiger partial charge in [0.2, 0.25) is 11.7 Å². The molecule has 2 saturated heterocycles. The van der Waals surface area contributed by atoms with Crippen LogP contribution < -0.4 is 28.4 Å². The Kier molecular flexibility index (Phi) is 15.3. The molecule has 0 unspecified atom stereocenters. The lowest BCUT2D eigenvalue weighted by Crippen LogP contribution is -2.51. The van der Waals surface area contributed by atoms with Gasteiger partial charge in [-0.2, -0.15) is 0 Å². The van der Waals surface area contributed by atoms with E-state index in [-0.39, 0.29) is 11.8 Å². The largest absolute Gasteiger partial charge is 0.493 e. The van der Waals surface area contributed by atoms with E-state index < -0.39 is 24.0 Å². The van der Waals surface area contributed by atoms with Gasteiger partial charge in [0, 0.05) is 32.1 Å². The second-order valence-electron chi connectivity index (χ2n) is 14.7. The molecule has 0 spiro atoms. The summed E-state index contributed by atoms with van der Waals surface area (Å²) in [6.45, 7) is 4.98. The van der Waals surface area contributed by atoms with Crippen molar-refractivity contribution in [2.75, 3.05) is 81.5 Å². The number of amides is 1. The van der Waals surface area contributed by atoms with Gasteiger partial charge in [-0.3, -0.25) is 9.69 Å². The highest BCUT2D eigenvalue weighted by molar-refractivity contribution is 5.90. The third kappa shape index (κ3) is 10.5. The maximum absolute atomic E-state index is 15.0. The van der Waals surface area contributed by atoms with Crippen molar-refractivity contribution in [1.82, 2.24) is 9.80 Å². The molecule has 2 fully saturated rings. The van der Waals surface area contributed by atoms with Gasteiger partial charge >= 0.3 is 5.97 Å². The van der Waals surface area contributed by atoms with E-state index >= 15 is 0 Å². The van der Waals surface area contributed by atoms with E-state index in [4.69, 9.17) is 37.9 Å². The molecule has 1 amide bonds. The molecule has 2 heterocycles. The Bertz CT molecular complexity index is 1850. The molecule has 3 atom stereocenters. The molecule has 0 radical (unpaired) electrons. The third-order valence-electron chi connectivity index (χ3n) is 11.2. The van der Waals surface area contributed by atoms with Crippen LogP contribution in [0.2, 0.25) is 0 Å². The predicted octanol–water partition coefficient (Wildman–Crippen LogP) is 6.95. The number of piperidine rings is 1. The van der Waals surface area contributed by atoms with Crippen molar-refractivity contribution in [3.63, 3.8) is 0 Å². The number of rotatable bonds is 18. The van der Waals surface area contributed by atoms with E-state index in [1.165, 1.54) is 0 Å². The number of hydrogen-bond acceptors (Lipinski definition) is 11. The first-order valence-electron chi connectivity index (χ1n) is 20.2. The number of likely N-dealkylation sites (tertiary alicyclic amines) is 1. The number of carbonyl (C=O) groups is 2. The van der Waals surface area contributed by atoms with Crippen LogP contribution in [0.25, 0.3) is 0 Å². The van der Waals surface area contributed by atoms with E-state index in [1.54, 1.807) is 40.4 Å². The Morgan fingerprint density at radius 2 is 1.50 bits per heavy atom. The summed E-state index contributed by atoms with van der Waals surface area (Å²) in [5.74, 6) is 1.85. The van der Waals surface area contributed by atoms with Crippen LogP contribution in [-0.4, -0.2) is 109 Å². The van der Waals surface area contributed by atoms with Gasteiger partial charge in [-0.25, -0.2) is 4.79 Å². The molecule has 3 aromatic rings. The molecule has 58 heavy (non-hydrogen) atoms. The highest BCUT2D eigenvalue weighted by Crippen LogP contribution is 2.43. The number of allylic oxidation sites excluding steroid dienone is 4. The van der Waals surface area contributed by atoms with Crippen molar-refractivity contribution in [3.05, 3.63) is 95.6 Å². The van der Waals surface area contributed by atoms with Crippen molar-refractivity contribution < 1.29 is 47.5 Å². The quantitative estimate of drug-likeness (QED) is 0.0984. The van der Waals surface area contributed by atoms with Crippen molar-refractivity contribution in [2.24, 2.45) is 5.92 Å². The van der Waals surface area contributed by atoms with E-state index in [0.717, 1.165) is 63.2 Å². The molecular weight excluding hydrogens is 741 g/mol. The molecule has 0 saturated carbocycles. The van der Waals surface area contributed by atoms with Crippen LogP contribution in [0, 0.1) is 5.92 Å². The standard InChI is InChI=1S/C46H58N2O10/c1-51-39-20-18-32(28-40(39)52-2)17-19-38(34-14-11-15-36(29-34)57-27-24-47-22-25-56-26-23-47)58-46(50)37-16-9-10-21-48(37)45(49)43(33-12-7-6-8-13-33)35-30-41(53-3)44(55-5)42(31-35)54-4/h7-8,11-15,18,20,28-31,33,37-38,43H,6,9-10,16-17,19,21-27H2,1-5H3/t37-,38+,43-/m0/s1. The maximum atomic E-state index is 15.0. The zero-order chi connectivity index (χ0) is 40.9. The lowest BCUT2D eigenvalue weighted by molar-refractivity contribution is -0.162. The molecule has 3 aromatic carbocycles. The maximum Gasteiger partial charge on any atom is 0.329 e. The van der Waals surface area contributed by atoms with Crippen LogP contribution in [0.3, 0.4) is 0 Å². The monoisotopic (exact) mass is 798 g/mol. The van der Waals surface area contributed by atoms with E-state index in [1.807, 2.05) is 54.6 Å². The average Bonchev–Trinajstić information content (AvgIpc) is 3.28. The van der Waals surface area contributed by atoms with Crippen molar-refractivity contribution in [1.29, 1.82) is 0 Å². The molecule has 12 heteroatoms. The molecule has 0 N–H and O–H groups in total. The summed E-state index contributed by atoms with van der Waals surface area (Å²) >= 11 is 0. The molecule has 3 aliphatic rings. The fraction of sp³-hybridized carbons (Fsp3) is 0.478. The van der Waals surface area contributed by atoms with Crippen LogP contribution in [0.5, 0.6) is 34.5 Å². The molecule has 12 nitrogen and oxygen atoms in total. The Morgan fingerprint density at radius 3 is 2.19 bits per heavy atom. The normalized spacial score (nSPS) is 18.2. The van der Waals surface area contributed by atoms with Crippen LogP contribution in [0.1, 0.15) is 60.8 Å². The van der Waals surface area contributed by atoms with Crippen LogP contribution in [0.4, 0.5) is 0 Å². The SMILES string of the molecule is COc1ccc(CC[C@@H](OC(=O)[C@@H]2CCCCN2C(=O)[C@H](c2cc(OC)c(OC)c(OC)c2)C2C=CCC=C2)c2cccc(OCCN3CCOCC3)c2)cc1OC. The molecule has 1 aliphatic carbocycles. The van der Waals surface area contributed by atoms with Gasteiger partial charge < -0.3 is 42.8 Å². The molecule has 0 aromatic heterocycles. The summed E-state index contributed by atoms with van der Waals surface area (Å²) in [6, 6.07) is 16.5. The first kappa shape index (κ1) is 42.4. The van der Waals surface area contributed by atoms with Gasteiger partial charge in [0.05, 0.1) is 54.7 Å². The number of esters is 1. The molecular formula is C46H58N2O10. The fourth-order valence-corrected chi connectivity index (χ4v) is 8.03. The number of hydrogen-bond donors (Lipinski definition) is 0. The fourth-order valence-electron chi connectivity index (χ4n) is 8.03. The summed E-state index contributed by atoms with van der Waals surface area (Å²) in [5, 5.41) is 0. The highest BCUT2D eigenvalue weighted by atomic mass is 16.5. The zero-order valence-electron chi connectivity index (χ0n) is 34.5. The number of benzene rings is 3. The number of nitrogens with zero attached hydrogens (tertiary/aromatic N) is 2. The minimum absolute atomic E-state index is 0.158. The van der Waals surface area contributed by atoms with Gasteiger partial charge in [-0.1, -0.05) is 42.5 Å². The highest BCUT2D eigenvalue weighted by Gasteiger charge is 2.40. The Labute approximate surface area is 342 Å². The van der Waals surface area contributed by atoms with Crippen LogP contribution in [-0.2, 0) is 25.5 Å². The second-order valence-corrected chi connectivity index (χ2v) is 14.7. The smallest absolute Gasteiger partial charge is 0.329 e. The first-order valence-corrected chi connectivity index (χ1v) is 20.2. The lowest BCUT2D eigenvalue weighted by atomic mass is 9.81. The number of ether oxygens (including phenoxy) is 8. The summed E-state index contributed by atoms with van der Waals surface area (Å²) in [6.07, 6.45) is 11.6. The topological polar surface area (TPSA) is 114 Å². The molecule has 0 bridgehead atoms. The summed E-state index contributed by atoms with van der Waals surface area (Å²) in [5.41, 5.74) is 2.53. The summed E-state index contributed by atoms with van der Waals surface area (Å²) < 4.78 is 46.2.